The van der Waals surface area contributed by atoms with E-state index in [1.54, 1.807) is 6.20 Å². The Bertz CT molecular complexity index is 730. The summed E-state index contributed by atoms with van der Waals surface area (Å²) in [4.78, 5) is 25.2. The number of carbonyl (C=O) groups excluding carboxylic acids is 2. The first kappa shape index (κ1) is 16.8. The molecule has 1 atom stereocenters. The monoisotopic (exact) mass is 342 g/mol. The third-order valence-corrected chi connectivity index (χ3v) is 4.17. The molecule has 132 valence electrons. The first-order valence-electron chi connectivity index (χ1n) is 8.26. The third-order valence-electron chi connectivity index (χ3n) is 4.17. The number of aromatic nitrogens is 2. The minimum atomic E-state index is -0.483. The first-order valence-corrected chi connectivity index (χ1v) is 8.26. The van der Waals surface area contributed by atoms with E-state index in [2.05, 4.69) is 32.8 Å². The van der Waals surface area contributed by atoms with E-state index in [4.69, 9.17) is 5.73 Å². The summed E-state index contributed by atoms with van der Waals surface area (Å²) in [7, 11) is 0. The molecule has 1 fully saturated rings. The summed E-state index contributed by atoms with van der Waals surface area (Å²) in [5.41, 5.74) is 6.85. The summed E-state index contributed by atoms with van der Waals surface area (Å²) in [6, 6.07) is 10.0. The highest BCUT2D eigenvalue weighted by molar-refractivity contribution is 5.88. The summed E-state index contributed by atoms with van der Waals surface area (Å²) in [5, 5.41) is 9.55. The van der Waals surface area contributed by atoms with Crippen molar-refractivity contribution in [2.24, 2.45) is 11.7 Å². The number of nitrogens with two attached hydrogens (primary N) is 1. The van der Waals surface area contributed by atoms with E-state index < -0.39 is 5.91 Å². The number of hydrogen-bond acceptors (Lipinski definition) is 4. The lowest BCUT2D eigenvalue weighted by molar-refractivity contribution is -0.118. The molecule has 0 unspecified atom stereocenters. The molecular weight excluding hydrogens is 320 g/mol. The number of nitrogens with zero attached hydrogens (tertiary/aromatic N) is 3. The highest BCUT2D eigenvalue weighted by Crippen LogP contribution is 2.22. The summed E-state index contributed by atoms with van der Waals surface area (Å²) >= 11 is 0. The van der Waals surface area contributed by atoms with Gasteiger partial charge in [-0.05, 0) is 24.5 Å². The Hall–Kier alpha value is -3.03. The van der Waals surface area contributed by atoms with Crippen LogP contribution in [0, 0.1) is 5.92 Å². The zero-order chi connectivity index (χ0) is 17.6. The minimum Gasteiger partial charge on any atom is -0.371 e. The maximum atomic E-state index is 12.0. The molecule has 4 N–H and O–H groups in total. The number of carbonyl (C=O) groups is 2. The normalized spacial score (nSPS) is 16.6. The van der Waals surface area contributed by atoms with Gasteiger partial charge in [0.15, 0.2) is 0 Å². The Morgan fingerprint density at radius 3 is 2.84 bits per heavy atom. The van der Waals surface area contributed by atoms with Crippen LogP contribution in [0.15, 0.2) is 42.7 Å². The summed E-state index contributed by atoms with van der Waals surface area (Å²) in [6.45, 7) is 2.53. The maximum absolute atomic E-state index is 12.0. The Kier molecular flexibility index (Phi) is 5.17. The molecule has 3 rings (SSSR count). The quantitative estimate of drug-likeness (QED) is 0.729. The second-order valence-electron chi connectivity index (χ2n) is 6.16. The number of amides is 3. The smallest absolute Gasteiger partial charge is 0.319 e. The van der Waals surface area contributed by atoms with Crippen molar-refractivity contribution in [1.82, 2.24) is 15.1 Å². The van der Waals surface area contributed by atoms with Crippen LogP contribution in [-0.4, -0.2) is 41.4 Å². The molecule has 1 aromatic carbocycles. The van der Waals surface area contributed by atoms with Crippen molar-refractivity contribution >= 4 is 23.3 Å². The van der Waals surface area contributed by atoms with Gasteiger partial charge in [0, 0.05) is 31.5 Å². The predicted octanol–water partition coefficient (Wildman–Crippen LogP) is 1.02. The predicted molar refractivity (Wildman–Crippen MR) is 95.2 cm³/mol. The van der Waals surface area contributed by atoms with Gasteiger partial charge in [0.05, 0.1) is 11.9 Å². The van der Waals surface area contributed by atoms with Crippen molar-refractivity contribution in [2.75, 3.05) is 29.9 Å². The molecule has 0 saturated carbocycles. The highest BCUT2D eigenvalue weighted by atomic mass is 16.2. The van der Waals surface area contributed by atoms with Crippen LogP contribution >= 0.6 is 0 Å². The number of primary amides is 1. The lowest BCUT2D eigenvalue weighted by Gasteiger charge is -2.18. The molecule has 8 nitrogen and oxygen atoms in total. The van der Waals surface area contributed by atoms with Gasteiger partial charge in [0.2, 0.25) is 5.91 Å². The highest BCUT2D eigenvalue weighted by Gasteiger charge is 2.23. The van der Waals surface area contributed by atoms with Gasteiger partial charge in [-0.1, -0.05) is 18.2 Å². The molecule has 2 heterocycles. The topological polar surface area (TPSA) is 105 Å². The molecule has 8 heteroatoms. The Morgan fingerprint density at radius 2 is 2.08 bits per heavy atom. The number of anilines is 2. The molecule has 0 spiro atoms. The number of urea groups is 1. The number of hydrogen-bond donors (Lipinski definition) is 3. The van der Waals surface area contributed by atoms with E-state index in [-0.39, 0.29) is 12.6 Å². The molecule has 0 aliphatic carbocycles. The SMILES string of the molecule is NC(=O)Cn1cc(NC(=O)NC[C@H]2CCN(c3ccccc3)C2)cn1. The van der Waals surface area contributed by atoms with Crippen molar-refractivity contribution in [3.05, 3.63) is 42.7 Å². The van der Waals surface area contributed by atoms with Crippen LogP contribution in [-0.2, 0) is 11.3 Å². The van der Waals surface area contributed by atoms with Gasteiger partial charge in [0.25, 0.3) is 0 Å². The van der Waals surface area contributed by atoms with Gasteiger partial charge in [-0.25, -0.2) is 4.79 Å². The molecular formula is C17H22N6O2. The van der Waals surface area contributed by atoms with Crippen LogP contribution in [0.3, 0.4) is 0 Å². The zero-order valence-corrected chi connectivity index (χ0v) is 13.9. The van der Waals surface area contributed by atoms with Gasteiger partial charge in [-0.3, -0.25) is 9.48 Å². The summed E-state index contributed by atoms with van der Waals surface area (Å²) in [5.74, 6) is -0.0631. The summed E-state index contributed by atoms with van der Waals surface area (Å²) in [6.07, 6.45) is 4.10. The van der Waals surface area contributed by atoms with Gasteiger partial charge >= 0.3 is 6.03 Å². The van der Waals surface area contributed by atoms with Crippen LogP contribution in [0.25, 0.3) is 0 Å². The molecule has 2 aromatic rings. The number of rotatable bonds is 6. The Morgan fingerprint density at radius 1 is 1.28 bits per heavy atom. The summed E-state index contributed by atoms with van der Waals surface area (Å²) < 4.78 is 1.38. The molecule has 1 aliphatic rings. The Labute approximate surface area is 146 Å². The molecule has 0 radical (unpaired) electrons. The average Bonchev–Trinajstić information content (AvgIpc) is 3.23. The first-order chi connectivity index (χ1) is 12.1. The second kappa shape index (κ2) is 7.69. The van der Waals surface area contributed by atoms with E-state index in [1.165, 1.54) is 16.6 Å². The van der Waals surface area contributed by atoms with E-state index in [9.17, 15) is 9.59 Å². The van der Waals surface area contributed by atoms with Gasteiger partial charge in [-0.15, -0.1) is 0 Å². The zero-order valence-electron chi connectivity index (χ0n) is 13.9. The van der Waals surface area contributed by atoms with E-state index in [1.807, 2.05) is 18.2 Å². The lowest BCUT2D eigenvalue weighted by atomic mass is 10.1. The van der Waals surface area contributed by atoms with Crippen LogP contribution in [0.2, 0.25) is 0 Å². The van der Waals surface area contributed by atoms with Crippen molar-refractivity contribution in [1.29, 1.82) is 0 Å². The fourth-order valence-electron chi connectivity index (χ4n) is 2.96. The van der Waals surface area contributed by atoms with Crippen LogP contribution in [0.4, 0.5) is 16.2 Å². The third kappa shape index (κ3) is 4.72. The lowest BCUT2D eigenvalue weighted by Crippen LogP contribution is -2.34. The number of para-hydroxylation sites is 1. The fourth-order valence-corrected chi connectivity index (χ4v) is 2.96. The fraction of sp³-hybridized carbons (Fsp3) is 0.353. The number of nitrogens with one attached hydrogen (secondary N) is 2. The van der Waals surface area contributed by atoms with Gasteiger partial charge < -0.3 is 21.3 Å². The van der Waals surface area contributed by atoms with E-state index in [0.717, 1.165) is 19.5 Å². The molecule has 0 bridgehead atoms. The molecule has 1 saturated heterocycles. The molecule has 3 amide bonds. The van der Waals surface area contributed by atoms with Crippen molar-refractivity contribution in [3.8, 4) is 0 Å². The van der Waals surface area contributed by atoms with Crippen molar-refractivity contribution in [3.63, 3.8) is 0 Å². The maximum Gasteiger partial charge on any atom is 0.319 e. The molecule has 1 aromatic heterocycles. The van der Waals surface area contributed by atoms with E-state index in [0.29, 0.717) is 18.2 Å². The Balaban J connectivity index is 1.42. The molecule has 1 aliphatic heterocycles. The number of benzene rings is 1. The van der Waals surface area contributed by atoms with Crippen LogP contribution in [0.5, 0.6) is 0 Å². The molecule has 25 heavy (non-hydrogen) atoms. The van der Waals surface area contributed by atoms with Crippen LogP contribution < -0.4 is 21.3 Å². The standard InChI is InChI=1S/C17H22N6O2/c18-16(24)12-23-11-14(9-20-23)21-17(25)19-8-13-6-7-22(10-13)15-4-2-1-3-5-15/h1-5,9,11,13H,6-8,10,12H2,(H2,18,24)(H2,19,21,25)/t13-/m1/s1. The van der Waals surface area contributed by atoms with Gasteiger partial charge in [-0.2, -0.15) is 5.10 Å². The van der Waals surface area contributed by atoms with Crippen LogP contribution in [0.1, 0.15) is 6.42 Å². The largest absolute Gasteiger partial charge is 0.371 e. The van der Waals surface area contributed by atoms with E-state index >= 15 is 0 Å². The average molecular weight is 342 g/mol. The van der Waals surface area contributed by atoms with Gasteiger partial charge in [0.1, 0.15) is 6.54 Å². The second-order valence-corrected chi connectivity index (χ2v) is 6.16. The van der Waals surface area contributed by atoms with Crippen molar-refractivity contribution in [2.45, 2.75) is 13.0 Å². The van der Waals surface area contributed by atoms with Crippen molar-refractivity contribution < 1.29 is 9.59 Å². The minimum absolute atomic E-state index is 0.0132.